The van der Waals surface area contributed by atoms with E-state index in [1.165, 1.54) is 0 Å². The Labute approximate surface area is 117 Å². The van der Waals surface area contributed by atoms with Gasteiger partial charge in [0.05, 0.1) is 16.6 Å². The fraction of sp³-hybridized carbons (Fsp3) is 0.333. The SMILES string of the molecule is CC(CNC(C)c1cccc(C#N)c1)c1nccs1. The maximum Gasteiger partial charge on any atom is 0.0991 e. The second-order valence-electron chi connectivity index (χ2n) is 4.64. The summed E-state index contributed by atoms with van der Waals surface area (Å²) in [7, 11) is 0. The van der Waals surface area contributed by atoms with Crippen LogP contribution in [0.3, 0.4) is 0 Å². The molecule has 98 valence electrons. The van der Waals surface area contributed by atoms with Crippen molar-refractivity contribution in [3.8, 4) is 6.07 Å². The molecule has 1 aromatic heterocycles. The first-order valence-corrected chi connectivity index (χ1v) is 7.21. The number of thiazole rings is 1. The smallest absolute Gasteiger partial charge is 0.0991 e. The summed E-state index contributed by atoms with van der Waals surface area (Å²) in [6, 6.07) is 10.1. The number of nitriles is 1. The van der Waals surface area contributed by atoms with Gasteiger partial charge >= 0.3 is 0 Å². The van der Waals surface area contributed by atoms with Gasteiger partial charge in [-0.2, -0.15) is 5.26 Å². The highest BCUT2D eigenvalue weighted by Gasteiger charge is 2.11. The van der Waals surface area contributed by atoms with Crippen LogP contribution >= 0.6 is 11.3 Å². The molecular formula is C15H17N3S. The van der Waals surface area contributed by atoms with E-state index in [-0.39, 0.29) is 6.04 Å². The largest absolute Gasteiger partial charge is 0.310 e. The molecule has 0 aliphatic rings. The molecule has 1 aromatic carbocycles. The van der Waals surface area contributed by atoms with E-state index in [9.17, 15) is 0 Å². The number of hydrogen-bond acceptors (Lipinski definition) is 4. The molecule has 0 saturated carbocycles. The van der Waals surface area contributed by atoms with Gasteiger partial charge in [-0.1, -0.05) is 19.1 Å². The fourth-order valence-corrected chi connectivity index (χ4v) is 2.61. The molecule has 2 atom stereocenters. The lowest BCUT2D eigenvalue weighted by molar-refractivity contribution is 0.536. The lowest BCUT2D eigenvalue weighted by Gasteiger charge is -2.17. The van der Waals surface area contributed by atoms with Gasteiger partial charge in [-0.3, -0.25) is 0 Å². The van der Waals surface area contributed by atoms with E-state index < -0.39 is 0 Å². The van der Waals surface area contributed by atoms with Crippen LogP contribution in [0, 0.1) is 11.3 Å². The van der Waals surface area contributed by atoms with Crippen LogP contribution in [0.5, 0.6) is 0 Å². The van der Waals surface area contributed by atoms with Crippen LogP contribution in [0.25, 0.3) is 0 Å². The molecule has 0 radical (unpaired) electrons. The lowest BCUT2D eigenvalue weighted by atomic mass is 10.0. The van der Waals surface area contributed by atoms with E-state index in [1.54, 1.807) is 11.3 Å². The number of nitrogens with one attached hydrogen (secondary N) is 1. The Bertz CT molecular complexity index is 557. The topological polar surface area (TPSA) is 48.7 Å². The Morgan fingerprint density at radius 1 is 1.42 bits per heavy atom. The maximum absolute atomic E-state index is 8.91. The maximum atomic E-state index is 8.91. The van der Waals surface area contributed by atoms with E-state index >= 15 is 0 Å². The van der Waals surface area contributed by atoms with Crippen molar-refractivity contribution in [3.05, 3.63) is 52.0 Å². The summed E-state index contributed by atoms with van der Waals surface area (Å²) in [6.07, 6.45) is 1.84. The summed E-state index contributed by atoms with van der Waals surface area (Å²) in [4.78, 5) is 4.33. The first-order chi connectivity index (χ1) is 9.20. The normalized spacial score (nSPS) is 13.7. The van der Waals surface area contributed by atoms with Gasteiger partial charge in [0.1, 0.15) is 0 Å². The van der Waals surface area contributed by atoms with Gasteiger partial charge in [0.25, 0.3) is 0 Å². The zero-order valence-electron chi connectivity index (χ0n) is 11.1. The van der Waals surface area contributed by atoms with Crippen LogP contribution in [0.1, 0.15) is 41.9 Å². The second-order valence-corrected chi connectivity index (χ2v) is 5.56. The fourth-order valence-electron chi connectivity index (χ4n) is 1.91. The predicted octanol–water partition coefficient (Wildman–Crippen LogP) is 3.47. The quantitative estimate of drug-likeness (QED) is 0.906. The van der Waals surface area contributed by atoms with Crippen LogP contribution in [-0.4, -0.2) is 11.5 Å². The Kier molecular flexibility index (Phi) is 4.67. The molecule has 0 amide bonds. The Balaban J connectivity index is 1.94. The average Bonchev–Trinajstić information content (AvgIpc) is 2.98. The number of hydrogen-bond donors (Lipinski definition) is 1. The second kappa shape index (κ2) is 6.46. The standard InChI is InChI=1S/C15H17N3S/c1-11(15-17-6-7-19-15)10-18-12(2)14-5-3-4-13(8-14)9-16/h3-8,11-12,18H,10H2,1-2H3. The molecule has 19 heavy (non-hydrogen) atoms. The molecule has 0 aliphatic heterocycles. The predicted molar refractivity (Wildman–Crippen MR) is 78.1 cm³/mol. The van der Waals surface area contributed by atoms with Crippen molar-refractivity contribution in [3.63, 3.8) is 0 Å². The summed E-state index contributed by atoms with van der Waals surface area (Å²) >= 11 is 1.69. The average molecular weight is 271 g/mol. The molecule has 4 heteroatoms. The third-order valence-electron chi connectivity index (χ3n) is 3.12. The Morgan fingerprint density at radius 3 is 2.95 bits per heavy atom. The van der Waals surface area contributed by atoms with Gasteiger partial charge in [0.2, 0.25) is 0 Å². The van der Waals surface area contributed by atoms with Crippen molar-refractivity contribution < 1.29 is 0 Å². The monoisotopic (exact) mass is 271 g/mol. The minimum absolute atomic E-state index is 0.232. The van der Waals surface area contributed by atoms with Crippen molar-refractivity contribution in [2.45, 2.75) is 25.8 Å². The summed E-state index contributed by atoms with van der Waals surface area (Å²) < 4.78 is 0. The van der Waals surface area contributed by atoms with Gasteiger partial charge in [-0.25, -0.2) is 4.98 Å². The molecule has 0 fully saturated rings. The van der Waals surface area contributed by atoms with E-state index in [0.717, 1.165) is 17.1 Å². The van der Waals surface area contributed by atoms with Crippen LogP contribution in [0.4, 0.5) is 0 Å². The molecule has 1 N–H and O–H groups in total. The number of benzene rings is 1. The first-order valence-electron chi connectivity index (χ1n) is 6.33. The van der Waals surface area contributed by atoms with E-state index in [4.69, 9.17) is 5.26 Å². The summed E-state index contributed by atoms with van der Waals surface area (Å²) in [6.45, 7) is 5.17. The Hall–Kier alpha value is -1.70. The molecule has 2 rings (SSSR count). The molecule has 0 saturated heterocycles. The molecule has 0 bridgehead atoms. The first kappa shape index (κ1) is 13.7. The molecule has 0 aliphatic carbocycles. The highest BCUT2D eigenvalue weighted by Crippen LogP contribution is 2.19. The van der Waals surface area contributed by atoms with E-state index in [0.29, 0.717) is 11.5 Å². The minimum Gasteiger partial charge on any atom is -0.310 e. The zero-order chi connectivity index (χ0) is 13.7. The zero-order valence-corrected chi connectivity index (χ0v) is 11.9. The van der Waals surface area contributed by atoms with Crippen LogP contribution in [-0.2, 0) is 0 Å². The van der Waals surface area contributed by atoms with E-state index in [2.05, 4.69) is 30.2 Å². The molecule has 0 spiro atoms. The molecule has 3 nitrogen and oxygen atoms in total. The van der Waals surface area contributed by atoms with Crippen LogP contribution in [0.15, 0.2) is 35.8 Å². The summed E-state index contributed by atoms with van der Waals surface area (Å²) in [5.74, 6) is 0.404. The number of rotatable bonds is 5. The molecule has 2 unspecified atom stereocenters. The Morgan fingerprint density at radius 2 is 2.26 bits per heavy atom. The summed E-state index contributed by atoms with van der Waals surface area (Å²) in [5.41, 5.74) is 1.85. The molecular weight excluding hydrogens is 254 g/mol. The van der Waals surface area contributed by atoms with Crippen molar-refractivity contribution in [1.82, 2.24) is 10.3 Å². The van der Waals surface area contributed by atoms with Crippen LogP contribution < -0.4 is 5.32 Å². The van der Waals surface area contributed by atoms with Gasteiger partial charge in [0, 0.05) is 30.1 Å². The van der Waals surface area contributed by atoms with Crippen molar-refractivity contribution >= 4 is 11.3 Å². The minimum atomic E-state index is 0.232. The van der Waals surface area contributed by atoms with Gasteiger partial charge in [-0.05, 0) is 24.6 Å². The van der Waals surface area contributed by atoms with E-state index in [1.807, 2.05) is 35.8 Å². The highest BCUT2D eigenvalue weighted by molar-refractivity contribution is 7.09. The van der Waals surface area contributed by atoms with Gasteiger partial charge in [0.15, 0.2) is 0 Å². The number of nitrogens with zero attached hydrogens (tertiary/aromatic N) is 2. The summed E-state index contributed by atoms with van der Waals surface area (Å²) in [5, 5.41) is 15.6. The third kappa shape index (κ3) is 3.63. The van der Waals surface area contributed by atoms with Gasteiger partial charge in [-0.15, -0.1) is 11.3 Å². The molecule has 1 heterocycles. The van der Waals surface area contributed by atoms with Crippen LogP contribution in [0.2, 0.25) is 0 Å². The van der Waals surface area contributed by atoms with Crippen molar-refractivity contribution in [2.24, 2.45) is 0 Å². The van der Waals surface area contributed by atoms with Gasteiger partial charge < -0.3 is 5.32 Å². The molecule has 2 aromatic rings. The highest BCUT2D eigenvalue weighted by atomic mass is 32.1. The van der Waals surface area contributed by atoms with Crippen molar-refractivity contribution in [2.75, 3.05) is 6.54 Å². The third-order valence-corrected chi connectivity index (χ3v) is 4.13. The lowest BCUT2D eigenvalue weighted by Crippen LogP contribution is -2.23. The number of aromatic nitrogens is 1. The van der Waals surface area contributed by atoms with Crippen molar-refractivity contribution in [1.29, 1.82) is 5.26 Å².